The van der Waals surface area contributed by atoms with Crippen LogP contribution in [0.4, 0.5) is 5.69 Å². The molecule has 2 aliphatic heterocycles. The Bertz CT molecular complexity index is 862. The van der Waals surface area contributed by atoms with Gasteiger partial charge in [0.15, 0.2) is 0 Å². The second kappa shape index (κ2) is 9.90. The molecule has 2 aliphatic rings. The van der Waals surface area contributed by atoms with Crippen LogP contribution in [0.5, 0.6) is 0 Å². The second-order valence-corrected chi connectivity index (χ2v) is 8.38. The molecule has 2 amide bonds. The highest BCUT2D eigenvalue weighted by Gasteiger charge is 2.32. The normalized spacial score (nSPS) is 18.8. The average molecular weight is 406 g/mol. The summed E-state index contributed by atoms with van der Waals surface area (Å²) < 4.78 is 0. The van der Waals surface area contributed by atoms with Crippen LogP contribution in [0, 0.1) is 0 Å². The molecule has 2 heterocycles. The molecule has 5 heteroatoms. The number of amides is 2. The fraction of sp³-hybridized carbons (Fsp3) is 0.440. The van der Waals surface area contributed by atoms with Crippen molar-refractivity contribution in [1.82, 2.24) is 9.80 Å². The van der Waals surface area contributed by atoms with Gasteiger partial charge < -0.3 is 10.2 Å². The molecule has 2 aromatic rings. The van der Waals surface area contributed by atoms with Crippen LogP contribution >= 0.6 is 0 Å². The van der Waals surface area contributed by atoms with E-state index in [1.807, 2.05) is 42.5 Å². The molecule has 0 radical (unpaired) electrons. The maximum atomic E-state index is 13.3. The summed E-state index contributed by atoms with van der Waals surface area (Å²) in [5.41, 5.74) is 2.86. The third-order valence-corrected chi connectivity index (χ3v) is 6.08. The highest BCUT2D eigenvalue weighted by Crippen LogP contribution is 2.27. The third kappa shape index (κ3) is 5.08. The number of nitrogens with one attached hydrogen (secondary N) is 1. The number of nitrogens with zero attached hydrogens (tertiary/aromatic N) is 2. The molecule has 4 rings (SSSR count). The first-order valence-electron chi connectivity index (χ1n) is 11.2. The molecular formula is C25H31N3O2. The lowest BCUT2D eigenvalue weighted by molar-refractivity contribution is -0.141. The minimum Gasteiger partial charge on any atom is -0.327 e. The van der Waals surface area contributed by atoms with Gasteiger partial charge in [-0.2, -0.15) is 0 Å². The van der Waals surface area contributed by atoms with Gasteiger partial charge in [-0.1, -0.05) is 48.9 Å². The van der Waals surface area contributed by atoms with Crippen molar-refractivity contribution in [3.05, 3.63) is 65.7 Å². The summed E-state index contributed by atoms with van der Waals surface area (Å²) in [4.78, 5) is 30.1. The summed E-state index contributed by atoms with van der Waals surface area (Å²) >= 11 is 0. The van der Waals surface area contributed by atoms with Gasteiger partial charge in [0.1, 0.15) is 6.04 Å². The highest BCUT2D eigenvalue weighted by atomic mass is 16.2. The molecule has 158 valence electrons. The van der Waals surface area contributed by atoms with E-state index >= 15 is 0 Å². The van der Waals surface area contributed by atoms with Crippen LogP contribution in [-0.2, 0) is 16.1 Å². The summed E-state index contributed by atoms with van der Waals surface area (Å²) in [6, 6.07) is 17.1. The van der Waals surface area contributed by atoms with Crippen LogP contribution in [-0.4, -0.2) is 41.2 Å². The van der Waals surface area contributed by atoms with E-state index in [0.29, 0.717) is 13.0 Å². The second-order valence-electron chi connectivity index (χ2n) is 8.38. The lowest BCUT2D eigenvalue weighted by Gasteiger charge is -2.34. The molecule has 0 saturated carbocycles. The van der Waals surface area contributed by atoms with E-state index in [1.54, 1.807) is 4.90 Å². The first-order chi connectivity index (χ1) is 14.7. The Morgan fingerprint density at radius 1 is 0.900 bits per heavy atom. The Labute approximate surface area is 179 Å². The van der Waals surface area contributed by atoms with Gasteiger partial charge in [0, 0.05) is 25.2 Å². The summed E-state index contributed by atoms with van der Waals surface area (Å²) in [6.45, 7) is 3.82. The van der Waals surface area contributed by atoms with E-state index in [4.69, 9.17) is 0 Å². The zero-order valence-electron chi connectivity index (χ0n) is 17.6. The third-order valence-electron chi connectivity index (χ3n) is 6.08. The van der Waals surface area contributed by atoms with Gasteiger partial charge in [0.2, 0.25) is 5.91 Å². The van der Waals surface area contributed by atoms with Crippen LogP contribution in [0.25, 0.3) is 0 Å². The largest absolute Gasteiger partial charge is 0.327 e. The van der Waals surface area contributed by atoms with Crippen molar-refractivity contribution in [3.63, 3.8) is 0 Å². The van der Waals surface area contributed by atoms with Gasteiger partial charge >= 0.3 is 0 Å². The van der Waals surface area contributed by atoms with E-state index in [-0.39, 0.29) is 11.8 Å². The Morgan fingerprint density at radius 2 is 1.67 bits per heavy atom. The van der Waals surface area contributed by atoms with Gasteiger partial charge in [-0.3, -0.25) is 14.5 Å². The predicted octanol–water partition coefficient (Wildman–Crippen LogP) is 4.36. The number of carbonyl (C=O) groups is 2. The van der Waals surface area contributed by atoms with E-state index < -0.39 is 6.04 Å². The number of benzene rings is 2. The first-order valence-corrected chi connectivity index (χ1v) is 11.2. The van der Waals surface area contributed by atoms with Crippen molar-refractivity contribution in [3.8, 4) is 0 Å². The minimum absolute atomic E-state index is 0.0594. The fourth-order valence-electron chi connectivity index (χ4n) is 4.54. The smallest absolute Gasteiger partial charge is 0.251 e. The van der Waals surface area contributed by atoms with Gasteiger partial charge in [-0.25, -0.2) is 0 Å². The van der Waals surface area contributed by atoms with Crippen molar-refractivity contribution in [2.75, 3.05) is 25.0 Å². The first kappa shape index (κ1) is 20.6. The van der Waals surface area contributed by atoms with Crippen molar-refractivity contribution in [2.24, 2.45) is 0 Å². The molecular weight excluding hydrogens is 374 g/mol. The molecule has 2 saturated heterocycles. The number of hydrogen-bond acceptors (Lipinski definition) is 3. The Balaban J connectivity index is 1.51. The van der Waals surface area contributed by atoms with Crippen molar-refractivity contribution in [2.45, 2.75) is 51.1 Å². The van der Waals surface area contributed by atoms with Gasteiger partial charge in [-0.15, -0.1) is 0 Å². The van der Waals surface area contributed by atoms with Crippen LogP contribution in [0.2, 0.25) is 0 Å². The standard InChI is InChI=1S/C25H31N3O2/c29-23-14-5-8-17-28(23)24(21-11-3-1-4-12-21)25(30)26-22-13-9-10-20(18-22)19-27-15-6-2-7-16-27/h1,3-4,9-13,18,24H,2,5-8,14-17,19H2,(H,26,30). The van der Waals surface area contributed by atoms with E-state index in [2.05, 4.69) is 22.3 Å². The Hall–Kier alpha value is -2.66. The number of rotatable bonds is 6. The van der Waals surface area contributed by atoms with Crippen LogP contribution < -0.4 is 5.32 Å². The Kier molecular flexibility index (Phi) is 6.80. The Morgan fingerprint density at radius 3 is 2.43 bits per heavy atom. The van der Waals surface area contributed by atoms with Crippen LogP contribution in [0.1, 0.15) is 55.7 Å². The van der Waals surface area contributed by atoms with Crippen molar-refractivity contribution in [1.29, 1.82) is 0 Å². The molecule has 2 fully saturated rings. The number of anilines is 1. The number of piperidine rings is 2. The topological polar surface area (TPSA) is 52.7 Å². The lowest BCUT2D eigenvalue weighted by Crippen LogP contribution is -2.43. The van der Waals surface area contributed by atoms with Gasteiger partial charge in [0.05, 0.1) is 0 Å². The van der Waals surface area contributed by atoms with E-state index in [9.17, 15) is 9.59 Å². The minimum atomic E-state index is -0.593. The van der Waals surface area contributed by atoms with Crippen LogP contribution in [0.15, 0.2) is 54.6 Å². The molecule has 30 heavy (non-hydrogen) atoms. The molecule has 0 spiro atoms. The average Bonchev–Trinajstić information content (AvgIpc) is 2.77. The summed E-state index contributed by atoms with van der Waals surface area (Å²) in [5.74, 6) is -0.0873. The predicted molar refractivity (Wildman–Crippen MR) is 119 cm³/mol. The SMILES string of the molecule is O=C(Nc1cccc(CN2CCCCC2)c1)C(c1ccccc1)N1CCCCC1=O. The molecule has 1 N–H and O–H groups in total. The highest BCUT2D eigenvalue weighted by molar-refractivity contribution is 5.98. The fourth-order valence-corrected chi connectivity index (χ4v) is 4.54. The van der Waals surface area contributed by atoms with E-state index in [1.165, 1.54) is 24.8 Å². The molecule has 0 aromatic heterocycles. The zero-order chi connectivity index (χ0) is 20.8. The quantitative estimate of drug-likeness (QED) is 0.777. The monoisotopic (exact) mass is 405 g/mol. The van der Waals surface area contributed by atoms with Gasteiger partial charge in [0.25, 0.3) is 5.91 Å². The molecule has 1 atom stereocenters. The molecule has 0 bridgehead atoms. The summed E-state index contributed by atoms with van der Waals surface area (Å²) in [7, 11) is 0. The van der Waals surface area contributed by atoms with Crippen molar-refractivity contribution >= 4 is 17.5 Å². The van der Waals surface area contributed by atoms with E-state index in [0.717, 1.165) is 43.7 Å². The number of hydrogen-bond donors (Lipinski definition) is 1. The summed E-state index contributed by atoms with van der Waals surface area (Å²) in [5, 5.41) is 3.08. The summed E-state index contributed by atoms with van der Waals surface area (Å²) in [6.07, 6.45) is 6.20. The maximum absolute atomic E-state index is 13.3. The number of likely N-dealkylation sites (tertiary alicyclic amines) is 2. The molecule has 0 aliphatic carbocycles. The van der Waals surface area contributed by atoms with Gasteiger partial charge in [-0.05, 0) is 62.0 Å². The molecule has 5 nitrogen and oxygen atoms in total. The lowest BCUT2D eigenvalue weighted by atomic mass is 10.00. The molecule has 1 unspecified atom stereocenters. The molecule has 2 aromatic carbocycles. The zero-order valence-corrected chi connectivity index (χ0v) is 17.6. The number of carbonyl (C=O) groups excluding carboxylic acids is 2. The van der Waals surface area contributed by atoms with Crippen molar-refractivity contribution < 1.29 is 9.59 Å². The van der Waals surface area contributed by atoms with Crippen LogP contribution in [0.3, 0.4) is 0 Å². The maximum Gasteiger partial charge on any atom is 0.251 e.